The Bertz CT molecular complexity index is 314. The molecule has 0 aromatic heterocycles. The van der Waals surface area contributed by atoms with Crippen LogP contribution < -0.4 is 16.0 Å². The van der Waals surface area contributed by atoms with Crippen LogP contribution in [0.1, 0.15) is 44.9 Å². The lowest BCUT2D eigenvalue weighted by Crippen LogP contribution is -2.45. The molecule has 2 heterocycles. The first kappa shape index (κ1) is 14.3. The molecule has 108 valence electrons. The zero-order valence-electron chi connectivity index (χ0n) is 11.5. The third-order valence-corrected chi connectivity index (χ3v) is 4.11. The van der Waals surface area contributed by atoms with Crippen LogP contribution in [0.15, 0.2) is 0 Å². The highest BCUT2D eigenvalue weighted by Crippen LogP contribution is 2.17. The Morgan fingerprint density at radius 2 is 1.95 bits per heavy atom. The predicted octanol–water partition coefficient (Wildman–Crippen LogP) is 0.551. The highest BCUT2D eigenvalue weighted by molar-refractivity contribution is 5.87. The number of amides is 2. The molecule has 0 aromatic rings. The summed E-state index contributed by atoms with van der Waals surface area (Å²) in [6, 6.07) is -0.317. The van der Waals surface area contributed by atoms with Gasteiger partial charge < -0.3 is 16.0 Å². The first-order chi connectivity index (χ1) is 9.25. The van der Waals surface area contributed by atoms with E-state index in [1.165, 1.54) is 0 Å². The van der Waals surface area contributed by atoms with Gasteiger partial charge in [0.2, 0.25) is 11.8 Å². The quantitative estimate of drug-likeness (QED) is 0.697. The van der Waals surface area contributed by atoms with Crippen molar-refractivity contribution in [2.45, 2.75) is 51.0 Å². The SMILES string of the molecule is O=C(CCC1CCNCC1)NC1CCCCNC1=O. The van der Waals surface area contributed by atoms with Crippen molar-refractivity contribution < 1.29 is 9.59 Å². The maximum Gasteiger partial charge on any atom is 0.242 e. The van der Waals surface area contributed by atoms with Gasteiger partial charge in [-0.25, -0.2) is 0 Å². The second-order valence-corrected chi connectivity index (χ2v) is 5.64. The van der Waals surface area contributed by atoms with Gasteiger partial charge in [-0.05, 0) is 57.5 Å². The summed E-state index contributed by atoms with van der Waals surface area (Å²) in [4.78, 5) is 23.6. The van der Waals surface area contributed by atoms with Crippen LogP contribution in [0.4, 0.5) is 0 Å². The van der Waals surface area contributed by atoms with E-state index in [1.54, 1.807) is 0 Å². The second kappa shape index (κ2) is 7.48. The number of hydrogen-bond donors (Lipinski definition) is 3. The third-order valence-electron chi connectivity index (χ3n) is 4.11. The van der Waals surface area contributed by atoms with Gasteiger partial charge in [0, 0.05) is 13.0 Å². The Balaban J connectivity index is 1.69. The first-order valence-corrected chi connectivity index (χ1v) is 7.53. The van der Waals surface area contributed by atoms with Crippen LogP contribution in [0.5, 0.6) is 0 Å². The Morgan fingerprint density at radius 3 is 2.74 bits per heavy atom. The van der Waals surface area contributed by atoms with E-state index in [0.29, 0.717) is 12.3 Å². The fraction of sp³-hybridized carbons (Fsp3) is 0.857. The van der Waals surface area contributed by atoms with Crippen LogP contribution in [0, 0.1) is 5.92 Å². The van der Waals surface area contributed by atoms with Gasteiger partial charge >= 0.3 is 0 Å². The summed E-state index contributed by atoms with van der Waals surface area (Å²) in [6.45, 7) is 2.87. The molecule has 0 bridgehead atoms. The topological polar surface area (TPSA) is 70.2 Å². The van der Waals surface area contributed by atoms with Gasteiger partial charge in [0.15, 0.2) is 0 Å². The number of carbonyl (C=O) groups is 2. The van der Waals surface area contributed by atoms with E-state index in [0.717, 1.165) is 58.2 Å². The highest BCUT2D eigenvalue weighted by atomic mass is 16.2. The Kier molecular flexibility index (Phi) is 5.63. The van der Waals surface area contributed by atoms with Gasteiger partial charge in [0.05, 0.1) is 0 Å². The number of hydrogen-bond acceptors (Lipinski definition) is 3. The van der Waals surface area contributed by atoms with E-state index in [4.69, 9.17) is 0 Å². The number of carbonyl (C=O) groups excluding carboxylic acids is 2. The standard InChI is InChI=1S/C14H25N3O2/c18-13(5-4-11-6-9-15-10-7-11)17-12-3-1-2-8-16-14(12)19/h11-12,15H,1-10H2,(H,16,19)(H,17,18). The van der Waals surface area contributed by atoms with Crippen molar-refractivity contribution in [2.75, 3.05) is 19.6 Å². The summed E-state index contributed by atoms with van der Waals surface area (Å²) in [6.07, 6.45) is 6.60. The van der Waals surface area contributed by atoms with Gasteiger partial charge in [0.1, 0.15) is 6.04 Å². The lowest BCUT2D eigenvalue weighted by molar-refractivity contribution is -0.129. The molecule has 0 spiro atoms. The molecule has 1 atom stereocenters. The highest BCUT2D eigenvalue weighted by Gasteiger charge is 2.22. The average molecular weight is 267 g/mol. The molecule has 1 unspecified atom stereocenters. The predicted molar refractivity (Wildman–Crippen MR) is 73.6 cm³/mol. The summed E-state index contributed by atoms with van der Waals surface area (Å²) in [5.74, 6) is 0.670. The van der Waals surface area contributed by atoms with Crippen LogP contribution in [-0.4, -0.2) is 37.5 Å². The average Bonchev–Trinajstić information content (AvgIpc) is 2.63. The first-order valence-electron chi connectivity index (χ1n) is 7.53. The molecule has 0 saturated carbocycles. The summed E-state index contributed by atoms with van der Waals surface area (Å²) in [5.41, 5.74) is 0. The van der Waals surface area contributed by atoms with E-state index in [9.17, 15) is 9.59 Å². The molecule has 2 saturated heterocycles. The normalized spacial score (nSPS) is 25.5. The van der Waals surface area contributed by atoms with Gasteiger partial charge in [-0.1, -0.05) is 0 Å². The summed E-state index contributed by atoms with van der Waals surface area (Å²) in [7, 11) is 0. The van der Waals surface area contributed by atoms with Crippen molar-refractivity contribution in [3.8, 4) is 0 Å². The molecule has 2 fully saturated rings. The Labute approximate surface area is 114 Å². The molecule has 3 N–H and O–H groups in total. The van der Waals surface area contributed by atoms with Crippen LogP contribution in [0.2, 0.25) is 0 Å². The smallest absolute Gasteiger partial charge is 0.242 e. The van der Waals surface area contributed by atoms with Crippen molar-refractivity contribution in [3.05, 3.63) is 0 Å². The van der Waals surface area contributed by atoms with Crippen LogP contribution in [0.3, 0.4) is 0 Å². The monoisotopic (exact) mass is 267 g/mol. The van der Waals surface area contributed by atoms with Crippen molar-refractivity contribution in [3.63, 3.8) is 0 Å². The lowest BCUT2D eigenvalue weighted by atomic mass is 9.93. The molecule has 2 aliphatic rings. The summed E-state index contributed by atoms with van der Waals surface area (Å²) in [5, 5.41) is 9.05. The van der Waals surface area contributed by atoms with Crippen LogP contribution >= 0.6 is 0 Å². The minimum absolute atomic E-state index is 0.0206. The van der Waals surface area contributed by atoms with E-state index in [1.807, 2.05) is 0 Å². The van der Waals surface area contributed by atoms with E-state index in [2.05, 4.69) is 16.0 Å². The Morgan fingerprint density at radius 1 is 1.16 bits per heavy atom. The molecule has 0 aromatic carbocycles. The zero-order valence-corrected chi connectivity index (χ0v) is 11.5. The molecule has 2 rings (SSSR count). The minimum atomic E-state index is -0.317. The number of nitrogens with one attached hydrogen (secondary N) is 3. The zero-order chi connectivity index (χ0) is 13.5. The van der Waals surface area contributed by atoms with E-state index >= 15 is 0 Å². The molecule has 0 aliphatic carbocycles. The van der Waals surface area contributed by atoms with Crippen molar-refractivity contribution >= 4 is 11.8 Å². The fourth-order valence-electron chi connectivity index (χ4n) is 2.85. The van der Waals surface area contributed by atoms with Gasteiger partial charge in [0.25, 0.3) is 0 Å². The molecular weight excluding hydrogens is 242 g/mol. The van der Waals surface area contributed by atoms with E-state index < -0.39 is 0 Å². The van der Waals surface area contributed by atoms with Crippen molar-refractivity contribution in [1.82, 2.24) is 16.0 Å². The van der Waals surface area contributed by atoms with Crippen molar-refractivity contribution in [2.24, 2.45) is 5.92 Å². The van der Waals surface area contributed by atoms with Gasteiger partial charge in [-0.2, -0.15) is 0 Å². The van der Waals surface area contributed by atoms with Gasteiger partial charge in [-0.3, -0.25) is 9.59 Å². The lowest BCUT2D eigenvalue weighted by Gasteiger charge is -2.22. The number of rotatable bonds is 4. The molecule has 2 aliphatic heterocycles. The molecule has 5 nitrogen and oxygen atoms in total. The largest absolute Gasteiger partial charge is 0.354 e. The maximum atomic E-state index is 11.9. The summed E-state index contributed by atoms with van der Waals surface area (Å²) >= 11 is 0. The van der Waals surface area contributed by atoms with Crippen molar-refractivity contribution in [1.29, 1.82) is 0 Å². The van der Waals surface area contributed by atoms with Crippen LogP contribution in [-0.2, 0) is 9.59 Å². The molecular formula is C14H25N3O2. The molecule has 0 radical (unpaired) electrons. The molecule has 5 heteroatoms. The second-order valence-electron chi connectivity index (χ2n) is 5.64. The minimum Gasteiger partial charge on any atom is -0.354 e. The summed E-state index contributed by atoms with van der Waals surface area (Å²) < 4.78 is 0. The third kappa shape index (κ3) is 4.82. The fourth-order valence-corrected chi connectivity index (χ4v) is 2.85. The number of piperidine rings is 1. The molecule has 2 amide bonds. The molecule has 19 heavy (non-hydrogen) atoms. The maximum absolute atomic E-state index is 11.9. The van der Waals surface area contributed by atoms with Gasteiger partial charge in [-0.15, -0.1) is 0 Å². The van der Waals surface area contributed by atoms with Crippen LogP contribution in [0.25, 0.3) is 0 Å². The Hall–Kier alpha value is -1.10. The van der Waals surface area contributed by atoms with E-state index in [-0.39, 0.29) is 17.9 Å².